The number of carbonyl (C=O) groups is 1. The monoisotopic (exact) mass is 298 g/mol. The zero-order chi connectivity index (χ0) is 15.4. The molecule has 22 heavy (non-hydrogen) atoms. The summed E-state index contributed by atoms with van der Waals surface area (Å²) in [6, 6.07) is 3.56. The van der Waals surface area contributed by atoms with E-state index in [4.69, 9.17) is 4.74 Å². The first-order valence-corrected chi connectivity index (χ1v) is 7.35. The van der Waals surface area contributed by atoms with Crippen molar-refractivity contribution in [1.29, 1.82) is 0 Å². The van der Waals surface area contributed by atoms with Gasteiger partial charge in [0.15, 0.2) is 6.61 Å². The molecule has 1 atom stereocenters. The van der Waals surface area contributed by atoms with E-state index in [-0.39, 0.29) is 18.6 Å². The van der Waals surface area contributed by atoms with Gasteiger partial charge in [-0.2, -0.15) is 0 Å². The third kappa shape index (κ3) is 3.21. The van der Waals surface area contributed by atoms with Gasteiger partial charge in [-0.15, -0.1) is 0 Å². The van der Waals surface area contributed by atoms with Gasteiger partial charge in [-0.05, 0) is 31.9 Å². The Balaban J connectivity index is 1.66. The number of hydrogen-bond acceptors (Lipinski definition) is 5. The fraction of sp³-hybridized carbons (Fsp3) is 0.375. The number of aromatic nitrogens is 3. The molecular formula is C16H18N4O2. The lowest BCUT2D eigenvalue weighted by Crippen LogP contribution is -2.34. The quantitative estimate of drug-likeness (QED) is 0.862. The van der Waals surface area contributed by atoms with Crippen LogP contribution in [0, 0.1) is 6.92 Å². The smallest absolute Gasteiger partial charge is 0.261 e. The first-order chi connectivity index (χ1) is 10.7. The molecule has 3 rings (SSSR count). The normalized spacial score (nSPS) is 17.5. The molecule has 1 fully saturated rings. The van der Waals surface area contributed by atoms with Crippen LogP contribution >= 0.6 is 0 Å². The van der Waals surface area contributed by atoms with Crippen molar-refractivity contribution in [2.45, 2.75) is 25.8 Å². The summed E-state index contributed by atoms with van der Waals surface area (Å²) in [5.41, 5.74) is 1.72. The second kappa shape index (κ2) is 6.51. The van der Waals surface area contributed by atoms with Crippen molar-refractivity contribution in [3.63, 3.8) is 0 Å². The molecule has 3 heterocycles. The van der Waals surface area contributed by atoms with Crippen LogP contribution in [-0.2, 0) is 4.79 Å². The molecule has 2 aromatic rings. The average molecular weight is 298 g/mol. The van der Waals surface area contributed by atoms with E-state index in [9.17, 15) is 4.79 Å². The maximum absolute atomic E-state index is 12.4. The fourth-order valence-corrected chi connectivity index (χ4v) is 2.68. The Morgan fingerprint density at radius 2 is 2.27 bits per heavy atom. The highest BCUT2D eigenvalue weighted by molar-refractivity contribution is 5.78. The maximum Gasteiger partial charge on any atom is 0.261 e. The predicted molar refractivity (Wildman–Crippen MR) is 80.2 cm³/mol. The number of rotatable bonds is 4. The number of hydrogen-bond donors (Lipinski definition) is 0. The number of nitrogens with zero attached hydrogens (tertiary/aromatic N) is 4. The van der Waals surface area contributed by atoms with Gasteiger partial charge in [0.2, 0.25) is 0 Å². The number of amides is 1. The zero-order valence-corrected chi connectivity index (χ0v) is 12.5. The molecule has 1 saturated heterocycles. The highest BCUT2D eigenvalue weighted by Gasteiger charge is 2.31. The lowest BCUT2D eigenvalue weighted by atomic mass is 10.1. The van der Waals surface area contributed by atoms with Crippen molar-refractivity contribution in [2.75, 3.05) is 13.2 Å². The van der Waals surface area contributed by atoms with Gasteiger partial charge in [0.05, 0.1) is 29.8 Å². The molecule has 1 aliphatic rings. The Kier molecular flexibility index (Phi) is 4.27. The van der Waals surface area contributed by atoms with E-state index in [0.29, 0.717) is 5.75 Å². The standard InChI is InChI=1S/C16H18N4O2/c1-12-8-18-10-14(19-12)15-5-3-7-20(15)16(21)11-22-13-4-2-6-17-9-13/h2,4,6,8-10,15H,3,5,7,11H2,1H3/t15-/m1/s1. The van der Waals surface area contributed by atoms with E-state index in [0.717, 1.165) is 30.8 Å². The van der Waals surface area contributed by atoms with Crippen molar-refractivity contribution in [3.05, 3.63) is 48.3 Å². The van der Waals surface area contributed by atoms with Gasteiger partial charge in [-0.3, -0.25) is 19.7 Å². The molecule has 114 valence electrons. The van der Waals surface area contributed by atoms with Gasteiger partial charge in [0.1, 0.15) is 5.75 Å². The minimum Gasteiger partial charge on any atom is -0.482 e. The number of ether oxygens (including phenoxy) is 1. The molecule has 0 spiro atoms. The first-order valence-electron chi connectivity index (χ1n) is 7.35. The Morgan fingerprint density at radius 1 is 1.36 bits per heavy atom. The Bertz CT molecular complexity index is 648. The summed E-state index contributed by atoms with van der Waals surface area (Å²) in [6.07, 6.45) is 8.61. The molecule has 0 radical (unpaired) electrons. The maximum atomic E-state index is 12.4. The molecule has 0 aromatic carbocycles. The average Bonchev–Trinajstić information content (AvgIpc) is 3.03. The molecule has 1 amide bonds. The summed E-state index contributed by atoms with van der Waals surface area (Å²) >= 11 is 0. The third-order valence-corrected chi connectivity index (χ3v) is 3.68. The van der Waals surface area contributed by atoms with Gasteiger partial charge < -0.3 is 9.64 Å². The first kappa shape index (κ1) is 14.4. The van der Waals surface area contributed by atoms with Crippen LogP contribution in [0.25, 0.3) is 0 Å². The summed E-state index contributed by atoms with van der Waals surface area (Å²) in [4.78, 5) is 26.9. The topological polar surface area (TPSA) is 68.2 Å². The lowest BCUT2D eigenvalue weighted by molar-refractivity contribution is -0.134. The Labute approximate surface area is 129 Å². The van der Waals surface area contributed by atoms with Crippen LogP contribution in [0.15, 0.2) is 36.9 Å². The molecule has 0 unspecified atom stereocenters. The van der Waals surface area contributed by atoms with Gasteiger partial charge in [-0.25, -0.2) is 0 Å². The van der Waals surface area contributed by atoms with Crippen LogP contribution in [0.5, 0.6) is 5.75 Å². The van der Waals surface area contributed by atoms with Crippen LogP contribution in [0.3, 0.4) is 0 Å². The van der Waals surface area contributed by atoms with E-state index >= 15 is 0 Å². The highest BCUT2D eigenvalue weighted by Crippen LogP contribution is 2.30. The fourth-order valence-electron chi connectivity index (χ4n) is 2.68. The van der Waals surface area contributed by atoms with E-state index in [1.807, 2.05) is 11.8 Å². The molecule has 0 aliphatic carbocycles. The van der Waals surface area contributed by atoms with Crippen LogP contribution in [0.4, 0.5) is 0 Å². The summed E-state index contributed by atoms with van der Waals surface area (Å²) in [6.45, 7) is 2.65. The lowest BCUT2D eigenvalue weighted by Gasteiger charge is -2.24. The van der Waals surface area contributed by atoms with Gasteiger partial charge in [0.25, 0.3) is 5.91 Å². The molecule has 2 aromatic heterocycles. The summed E-state index contributed by atoms with van der Waals surface area (Å²) in [5.74, 6) is 0.566. The van der Waals surface area contributed by atoms with Crippen molar-refractivity contribution in [3.8, 4) is 5.75 Å². The summed E-state index contributed by atoms with van der Waals surface area (Å²) in [5, 5.41) is 0. The number of carbonyl (C=O) groups excluding carboxylic acids is 1. The molecular weight excluding hydrogens is 280 g/mol. The van der Waals surface area contributed by atoms with E-state index < -0.39 is 0 Å². The predicted octanol–water partition coefficient (Wildman–Crippen LogP) is 1.92. The zero-order valence-electron chi connectivity index (χ0n) is 12.5. The Morgan fingerprint density at radius 3 is 3.05 bits per heavy atom. The third-order valence-electron chi connectivity index (χ3n) is 3.68. The molecule has 0 N–H and O–H groups in total. The molecule has 1 aliphatic heterocycles. The minimum atomic E-state index is -0.0327. The van der Waals surface area contributed by atoms with Crippen LogP contribution in [0.2, 0.25) is 0 Å². The van der Waals surface area contributed by atoms with Gasteiger partial charge >= 0.3 is 0 Å². The number of likely N-dealkylation sites (tertiary alicyclic amines) is 1. The summed E-state index contributed by atoms with van der Waals surface area (Å²) in [7, 11) is 0. The molecule has 0 saturated carbocycles. The van der Waals surface area contributed by atoms with Crippen molar-refractivity contribution >= 4 is 5.91 Å². The van der Waals surface area contributed by atoms with E-state index in [1.165, 1.54) is 0 Å². The van der Waals surface area contributed by atoms with Crippen molar-refractivity contribution in [2.24, 2.45) is 0 Å². The molecule has 6 nitrogen and oxygen atoms in total. The number of pyridine rings is 1. The second-order valence-electron chi connectivity index (χ2n) is 5.31. The summed E-state index contributed by atoms with van der Waals surface area (Å²) < 4.78 is 5.50. The van der Waals surface area contributed by atoms with Crippen molar-refractivity contribution < 1.29 is 9.53 Å². The van der Waals surface area contributed by atoms with Crippen LogP contribution in [-0.4, -0.2) is 38.9 Å². The number of aryl methyl sites for hydroxylation is 1. The van der Waals surface area contributed by atoms with E-state index in [1.54, 1.807) is 36.9 Å². The van der Waals surface area contributed by atoms with Crippen molar-refractivity contribution in [1.82, 2.24) is 19.9 Å². The molecule has 0 bridgehead atoms. The second-order valence-corrected chi connectivity index (χ2v) is 5.31. The van der Waals surface area contributed by atoms with Gasteiger partial charge in [-0.1, -0.05) is 0 Å². The van der Waals surface area contributed by atoms with Gasteiger partial charge in [0, 0.05) is 18.9 Å². The minimum absolute atomic E-state index is 0.00241. The molecule has 6 heteroatoms. The van der Waals surface area contributed by atoms with Crippen LogP contribution in [0.1, 0.15) is 30.3 Å². The highest BCUT2D eigenvalue weighted by atomic mass is 16.5. The Hall–Kier alpha value is -2.50. The van der Waals surface area contributed by atoms with Crippen LogP contribution < -0.4 is 4.74 Å². The SMILES string of the molecule is Cc1cncc([C@H]2CCCN2C(=O)COc2cccnc2)n1. The van der Waals surface area contributed by atoms with E-state index in [2.05, 4.69) is 15.0 Å². The largest absolute Gasteiger partial charge is 0.482 e.